The van der Waals surface area contributed by atoms with E-state index >= 15 is 0 Å². The van der Waals surface area contributed by atoms with E-state index in [2.05, 4.69) is 0 Å². The smallest absolute Gasteiger partial charge is 0.308 e. The average molecular weight is 264 g/mol. The normalized spacial score (nSPS) is 40.4. The van der Waals surface area contributed by atoms with Crippen molar-refractivity contribution in [3.63, 3.8) is 0 Å². The predicted molar refractivity (Wildman–Crippen MR) is 56.6 cm³/mol. The Balaban J connectivity index is 2.02. The summed E-state index contributed by atoms with van der Waals surface area (Å²) in [6, 6.07) is 0. The van der Waals surface area contributed by atoms with Crippen LogP contribution in [-0.2, 0) is 23.5 Å². The van der Waals surface area contributed by atoms with Gasteiger partial charge in [-0.05, 0) is 13.8 Å². The Morgan fingerprint density at radius 1 is 1.35 bits per heavy atom. The summed E-state index contributed by atoms with van der Waals surface area (Å²) in [6.45, 7) is 3.65. The molecule has 2 saturated heterocycles. The first-order valence-corrected chi connectivity index (χ1v) is 6.95. The molecule has 5 atom stereocenters. The molecule has 2 rings (SSSR count). The van der Waals surface area contributed by atoms with Crippen LogP contribution in [0.4, 0.5) is 0 Å². The van der Waals surface area contributed by atoms with Crippen LogP contribution in [0.3, 0.4) is 0 Å². The lowest BCUT2D eigenvalue weighted by Gasteiger charge is -2.23. The highest BCUT2D eigenvalue weighted by molar-refractivity contribution is 7.36. The second-order valence-electron chi connectivity index (χ2n) is 4.69. The molecule has 2 heterocycles. The number of methoxy groups -OCH3 is 1. The maximum Gasteiger partial charge on any atom is 0.308 e. The fourth-order valence-electron chi connectivity index (χ4n) is 2.30. The first-order valence-electron chi connectivity index (χ1n) is 5.58. The van der Waals surface area contributed by atoms with E-state index in [9.17, 15) is 9.46 Å². The molecule has 0 aromatic rings. The largest absolute Gasteiger partial charge is 0.596 e. The van der Waals surface area contributed by atoms with E-state index < -0.39 is 20.1 Å². The van der Waals surface area contributed by atoms with Gasteiger partial charge < -0.3 is 23.8 Å². The van der Waals surface area contributed by atoms with Crippen LogP contribution in [0.15, 0.2) is 0 Å². The van der Waals surface area contributed by atoms with Gasteiger partial charge in [-0.15, -0.1) is 0 Å². The van der Waals surface area contributed by atoms with Crippen molar-refractivity contribution in [2.75, 3.05) is 13.3 Å². The van der Waals surface area contributed by atoms with Gasteiger partial charge in [-0.2, -0.15) is 0 Å². The number of hydrogen-bond acceptors (Lipinski definition) is 6. The van der Waals surface area contributed by atoms with Crippen LogP contribution in [0.2, 0.25) is 0 Å². The first-order chi connectivity index (χ1) is 7.93. The van der Waals surface area contributed by atoms with Crippen molar-refractivity contribution in [3.8, 4) is 0 Å². The Morgan fingerprint density at radius 3 is 2.59 bits per heavy atom. The van der Waals surface area contributed by atoms with E-state index in [1.807, 2.05) is 13.8 Å². The zero-order valence-electron chi connectivity index (χ0n) is 10.1. The minimum atomic E-state index is -2.39. The molecule has 0 aromatic carbocycles. The van der Waals surface area contributed by atoms with Crippen LogP contribution in [0.1, 0.15) is 20.3 Å². The number of ether oxygens (including phenoxy) is 4. The molecule has 0 spiro atoms. The summed E-state index contributed by atoms with van der Waals surface area (Å²) in [5.74, 6) is -0.673. The number of rotatable bonds is 4. The van der Waals surface area contributed by atoms with Crippen molar-refractivity contribution in [2.24, 2.45) is 0 Å². The van der Waals surface area contributed by atoms with E-state index in [0.29, 0.717) is 6.42 Å². The van der Waals surface area contributed by atoms with Crippen LogP contribution < -0.4 is 4.89 Å². The molecule has 0 amide bonds. The van der Waals surface area contributed by atoms with Gasteiger partial charge in [-0.25, -0.2) is 0 Å². The molecule has 0 aliphatic carbocycles. The summed E-state index contributed by atoms with van der Waals surface area (Å²) < 4.78 is 32.8. The highest BCUT2D eigenvalue weighted by atomic mass is 31.1. The van der Waals surface area contributed by atoms with E-state index in [4.69, 9.17) is 18.9 Å². The Labute approximate surface area is 101 Å². The van der Waals surface area contributed by atoms with Crippen molar-refractivity contribution in [3.05, 3.63) is 0 Å². The van der Waals surface area contributed by atoms with Crippen LogP contribution in [0.5, 0.6) is 0 Å². The van der Waals surface area contributed by atoms with Gasteiger partial charge >= 0.3 is 8.03 Å². The lowest BCUT2D eigenvalue weighted by molar-refractivity contribution is -0.227. The van der Waals surface area contributed by atoms with Crippen molar-refractivity contribution >= 4 is 8.03 Å². The molecule has 17 heavy (non-hydrogen) atoms. The fraction of sp³-hybridized carbons (Fsp3) is 1.00. The molecular weight excluding hydrogens is 247 g/mol. The van der Waals surface area contributed by atoms with Crippen molar-refractivity contribution in [2.45, 2.75) is 50.7 Å². The van der Waals surface area contributed by atoms with Crippen molar-refractivity contribution in [1.82, 2.24) is 0 Å². The SMILES string of the molecule is CO[C@@H]1O[C@H](CC[P+](=O)[O-])[C@H]2OC(C)(C)O[C@@H]12. The molecule has 6 nitrogen and oxygen atoms in total. The molecular formula is C10H17O6P. The van der Waals surface area contributed by atoms with Crippen LogP contribution >= 0.6 is 8.03 Å². The average Bonchev–Trinajstić information content (AvgIpc) is 2.68. The molecule has 98 valence electrons. The van der Waals surface area contributed by atoms with E-state index in [1.54, 1.807) is 0 Å². The molecule has 1 unspecified atom stereocenters. The quantitative estimate of drug-likeness (QED) is 0.683. The Hall–Kier alpha value is -0.100. The van der Waals surface area contributed by atoms with Gasteiger partial charge in [-0.3, -0.25) is 0 Å². The van der Waals surface area contributed by atoms with Crippen LogP contribution in [0.25, 0.3) is 0 Å². The maximum atomic E-state index is 10.6. The lowest BCUT2D eigenvalue weighted by Crippen LogP contribution is -2.30. The van der Waals surface area contributed by atoms with Gasteiger partial charge in [0.1, 0.15) is 18.4 Å². The minimum Gasteiger partial charge on any atom is -0.596 e. The van der Waals surface area contributed by atoms with E-state index in [-0.39, 0.29) is 24.5 Å². The first kappa shape index (κ1) is 13.3. The molecule has 2 fully saturated rings. The lowest BCUT2D eigenvalue weighted by atomic mass is 10.1. The van der Waals surface area contributed by atoms with Gasteiger partial charge in [0.2, 0.25) is 0 Å². The molecule has 0 radical (unpaired) electrons. The van der Waals surface area contributed by atoms with Crippen molar-refractivity contribution in [1.29, 1.82) is 0 Å². The Bertz CT molecular complexity index is 307. The standard InChI is InChI=1S/C10H17O6P/c1-10(2)15-7-6(4-5-17(11)12)14-9(13-3)8(7)16-10/h6-9H,4-5H2,1-3H3/t6-,7-,8-,9-/m1/s1. The van der Waals surface area contributed by atoms with Gasteiger partial charge in [0.15, 0.2) is 12.1 Å². The van der Waals surface area contributed by atoms with E-state index in [1.165, 1.54) is 7.11 Å². The predicted octanol–water partition coefficient (Wildman–Crippen LogP) is 0.371. The monoisotopic (exact) mass is 264 g/mol. The number of fused-ring (bicyclic) bond motifs is 1. The molecule has 0 saturated carbocycles. The highest BCUT2D eigenvalue weighted by Gasteiger charge is 2.55. The third kappa shape index (κ3) is 2.84. The molecule has 0 aromatic heterocycles. The Kier molecular flexibility index (Phi) is 3.83. The highest BCUT2D eigenvalue weighted by Crippen LogP contribution is 2.40. The molecule has 2 aliphatic rings. The van der Waals surface area contributed by atoms with Gasteiger partial charge in [-0.1, -0.05) is 4.57 Å². The van der Waals surface area contributed by atoms with Crippen LogP contribution in [0, 0.1) is 0 Å². The fourth-order valence-corrected chi connectivity index (χ4v) is 2.76. The van der Waals surface area contributed by atoms with Crippen LogP contribution in [-0.4, -0.2) is 43.7 Å². The Morgan fingerprint density at radius 2 is 2.00 bits per heavy atom. The third-order valence-electron chi connectivity index (χ3n) is 2.94. The van der Waals surface area contributed by atoms with Gasteiger partial charge in [0.05, 0.1) is 6.10 Å². The second kappa shape index (κ2) is 4.88. The minimum absolute atomic E-state index is 0.0867. The van der Waals surface area contributed by atoms with Gasteiger partial charge in [0.25, 0.3) is 0 Å². The molecule has 7 heteroatoms. The summed E-state index contributed by atoms with van der Waals surface area (Å²) in [4.78, 5) is 10.6. The van der Waals surface area contributed by atoms with Crippen molar-refractivity contribution < 1.29 is 28.4 Å². The maximum absolute atomic E-state index is 10.6. The molecule has 0 bridgehead atoms. The zero-order valence-corrected chi connectivity index (χ0v) is 11.0. The summed E-state index contributed by atoms with van der Waals surface area (Å²) in [7, 11) is -0.860. The third-order valence-corrected chi connectivity index (χ3v) is 3.56. The number of hydrogen-bond donors (Lipinski definition) is 0. The van der Waals surface area contributed by atoms with Gasteiger partial charge in [0, 0.05) is 13.5 Å². The summed E-state index contributed by atoms with van der Waals surface area (Å²) in [6.07, 6.45) is -0.840. The second-order valence-corrected chi connectivity index (χ2v) is 5.80. The molecule has 0 N–H and O–H groups in total. The summed E-state index contributed by atoms with van der Waals surface area (Å²) in [5, 5.41) is 0. The van der Waals surface area contributed by atoms with E-state index in [0.717, 1.165) is 0 Å². The summed E-state index contributed by atoms with van der Waals surface area (Å²) in [5.41, 5.74) is 0. The summed E-state index contributed by atoms with van der Waals surface area (Å²) >= 11 is 0. The topological polar surface area (TPSA) is 77.1 Å². The zero-order chi connectivity index (χ0) is 12.6. The molecule has 2 aliphatic heterocycles.